The predicted molar refractivity (Wildman–Crippen MR) is 44.6 cm³/mol. The van der Waals surface area contributed by atoms with Gasteiger partial charge in [-0.2, -0.15) is 0 Å². The predicted octanol–water partition coefficient (Wildman–Crippen LogP) is 1.84. The molecule has 2 atom stereocenters. The van der Waals surface area contributed by atoms with Crippen LogP contribution >= 0.6 is 0 Å². The molecule has 0 N–H and O–H groups in total. The smallest absolute Gasteiger partial charge is 0.0810 e. The summed E-state index contributed by atoms with van der Waals surface area (Å²) in [7, 11) is 1.76. The summed E-state index contributed by atoms with van der Waals surface area (Å²) in [5, 5.41) is 0. The van der Waals surface area contributed by atoms with Crippen molar-refractivity contribution in [2.24, 2.45) is 5.92 Å². The summed E-state index contributed by atoms with van der Waals surface area (Å²) in [4.78, 5) is 0. The third-order valence-electron chi connectivity index (χ3n) is 2.20. The third-order valence-corrected chi connectivity index (χ3v) is 2.20. The summed E-state index contributed by atoms with van der Waals surface area (Å²) in [6.07, 6.45) is 4.31. The summed E-state index contributed by atoms with van der Waals surface area (Å²) >= 11 is 0. The van der Waals surface area contributed by atoms with Gasteiger partial charge in [0.2, 0.25) is 0 Å². The molecule has 11 heavy (non-hydrogen) atoms. The monoisotopic (exact) mass is 158 g/mol. The summed E-state index contributed by atoms with van der Waals surface area (Å²) < 4.78 is 10.1. The minimum absolute atomic E-state index is 0.597. The van der Waals surface area contributed by atoms with Crippen molar-refractivity contribution >= 4 is 0 Å². The van der Waals surface area contributed by atoms with Gasteiger partial charge in [-0.25, -0.2) is 0 Å². The normalized spacial score (nSPS) is 25.1. The molecule has 1 aliphatic heterocycles. The van der Waals surface area contributed by atoms with E-state index in [0.29, 0.717) is 6.10 Å². The van der Waals surface area contributed by atoms with E-state index in [4.69, 9.17) is 9.47 Å². The topological polar surface area (TPSA) is 21.8 Å². The van der Waals surface area contributed by atoms with E-state index >= 15 is 0 Å². The highest BCUT2D eigenvalue weighted by atomic mass is 16.6. The van der Waals surface area contributed by atoms with Gasteiger partial charge in [-0.05, 0) is 25.2 Å². The van der Waals surface area contributed by atoms with Gasteiger partial charge in [0.25, 0.3) is 0 Å². The molecule has 1 saturated heterocycles. The summed E-state index contributed by atoms with van der Waals surface area (Å²) in [6.45, 7) is 4.17. The molecule has 1 heterocycles. The van der Waals surface area contributed by atoms with Crippen LogP contribution in [0.5, 0.6) is 0 Å². The van der Waals surface area contributed by atoms with Crippen molar-refractivity contribution in [2.75, 3.05) is 20.3 Å². The Morgan fingerprint density at radius 3 is 2.82 bits per heavy atom. The Bertz CT molecular complexity index is 99.7. The Kier molecular flexibility index (Phi) is 3.87. The Hall–Kier alpha value is -0.0800. The number of methoxy groups -OCH3 is 1. The Balaban J connectivity index is 1.87. The highest BCUT2D eigenvalue weighted by Crippen LogP contribution is 2.20. The van der Waals surface area contributed by atoms with Gasteiger partial charge in [-0.15, -0.1) is 0 Å². The molecular formula is C9H18O2. The maximum atomic E-state index is 5.13. The van der Waals surface area contributed by atoms with Crippen LogP contribution in [0, 0.1) is 5.92 Å². The van der Waals surface area contributed by atoms with Gasteiger partial charge < -0.3 is 9.47 Å². The van der Waals surface area contributed by atoms with E-state index in [0.717, 1.165) is 19.1 Å². The van der Waals surface area contributed by atoms with Crippen LogP contribution in [0.4, 0.5) is 0 Å². The van der Waals surface area contributed by atoms with Crippen LogP contribution in [0.1, 0.15) is 26.2 Å². The second kappa shape index (κ2) is 4.73. The first-order chi connectivity index (χ1) is 5.33. The molecule has 0 saturated carbocycles. The zero-order chi connectivity index (χ0) is 8.10. The molecule has 2 unspecified atom stereocenters. The highest BCUT2D eigenvalue weighted by molar-refractivity contribution is 4.69. The second-order valence-corrected chi connectivity index (χ2v) is 3.42. The Labute approximate surface area is 68.9 Å². The van der Waals surface area contributed by atoms with E-state index in [1.165, 1.54) is 19.3 Å². The van der Waals surface area contributed by atoms with E-state index in [-0.39, 0.29) is 0 Å². The van der Waals surface area contributed by atoms with Gasteiger partial charge >= 0.3 is 0 Å². The number of rotatable bonds is 6. The lowest BCUT2D eigenvalue weighted by Gasteiger charge is -2.08. The minimum Gasteiger partial charge on any atom is -0.385 e. The molecule has 2 heteroatoms. The van der Waals surface area contributed by atoms with E-state index < -0.39 is 0 Å². The number of hydrogen-bond donors (Lipinski definition) is 0. The molecule has 0 bridgehead atoms. The van der Waals surface area contributed by atoms with Crippen molar-refractivity contribution in [2.45, 2.75) is 32.3 Å². The van der Waals surface area contributed by atoms with Crippen LogP contribution in [-0.2, 0) is 9.47 Å². The molecule has 0 aromatic rings. The molecule has 0 aliphatic carbocycles. The quantitative estimate of drug-likeness (QED) is 0.550. The molecule has 1 aliphatic rings. The Morgan fingerprint density at radius 1 is 1.55 bits per heavy atom. The lowest BCUT2D eigenvalue weighted by Crippen LogP contribution is -2.01. The van der Waals surface area contributed by atoms with Crippen LogP contribution in [0.3, 0.4) is 0 Å². The molecule has 0 radical (unpaired) electrons. The molecule has 1 fully saturated rings. The van der Waals surface area contributed by atoms with Crippen molar-refractivity contribution in [3.05, 3.63) is 0 Å². The fourth-order valence-electron chi connectivity index (χ4n) is 1.17. The van der Waals surface area contributed by atoms with Gasteiger partial charge in [0.05, 0.1) is 12.7 Å². The zero-order valence-electron chi connectivity index (χ0n) is 7.51. The van der Waals surface area contributed by atoms with Crippen molar-refractivity contribution in [3.63, 3.8) is 0 Å². The average Bonchev–Trinajstić information content (AvgIpc) is 2.80. The SMILES string of the molecule is COCCC(C)CCC1CO1. The van der Waals surface area contributed by atoms with Gasteiger partial charge in [-0.3, -0.25) is 0 Å². The van der Waals surface area contributed by atoms with Crippen molar-refractivity contribution in [3.8, 4) is 0 Å². The summed E-state index contributed by atoms with van der Waals surface area (Å²) in [5.74, 6) is 0.791. The molecule has 0 amide bonds. The first-order valence-corrected chi connectivity index (χ1v) is 4.43. The first kappa shape index (κ1) is 9.01. The zero-order valence-corrected chi connectivity index (χ0v) is 7.51. The molecule has 0 aromatic heterocycles. The van der Waals surface area contributed by atoms with E-state index in [2.05, 4.69) is 6.92 Å². The fourth-order valence-corrected chi connectivity index (χ4v) is 1.17. The van der Waals surface area contributed by atoms with Gasteiger partial charge in [0, 0.05) is 13.7 Å². The Morgan fingerprint density at radius 2 is 2.27 bits per heavy atom. The van der Waals surface area contributed by atoms with Crippen LogP contribution in [0.25, 0.3) is 0 Å². The average molecular weight is 158 g/mol. The number of hydrogen-bond acceptors (Lipinski definition) is 2. The molecule has 0 spiro atoms. The number of ether oxygens (including phenoxy) is 2. The van der Waals surface area contributed by atoms with E-state index in [1.807, 2.05) is 0 Å². The van der Waals surface area contributed by atoms with Crippen molar-refractivity contribution in [1.82, 2.24) is 0 Å². The van der Waals surface area contributed by atoms with Crippen LogP contribution in [0.15, 0.2) is 0 Å². The molecule has 66 valence electrons. The largest absolute Gasteiger partial charge is 0.385 e. The van der Waals surface area contributed by atoms with Crippen LogP contribution in [0.2, 0.25) is 0 Å². The highest BCUT2D eigenvalue weighted by Gasteiger charge is 2.22. The summed E-state index contributed by atoms with van der Waals surface area (Å²) in [6, 6.07) is 0. The van der Waals surface area contributed by atoms with Crippen molar-refractivity contribution < 1.29 is 9.47 Å². The number of epoxide rings is 1. The lowest BCUT2D eigenvalue weighted by atomic mass is 10.0. The first-order valence-electron chi connectivity index (χ1n) is 4.43. The standard InChI is InChI=1S/C9H18O2/c1-8(5-6-10-2)3-4-9-7-11-9/h8-9H,3-7H2,1-2H3. The third kappa shape index (κ3) is 4.38. The maximum Gasteiger partial charge on any atom is 0.0810 e. The maximum absolute atomic E-state index is 5.13. The molecule has 0 aromatic carbocycles. The molecular weight excluding hydrogens is 140 g/mol. The molecule has 1 rings (SSSR count). The van der Waals surface area contributed by atoms with Crippen molar-refractivity contribution in [1.29, 1.82) is 0 Å². The van der Waals surface area contributed by atoms with Gasteiger partial charge in [0.15, 0.2) is 0 Å². The van der Waals surface area contributed by atoms with Crippen LogP contribution < -0.4 is 0 Å². The van der Waals surface area contributed by atoms with E-state index in [1.54, 1.807) is 7.11 Å². The van der Waals surface area contributed by atoms with Crippen LogP contribution in [-0.4, -0.2) is 26.4 Å². The summed E-state index contributed by atoms with van der Waals surface area (Å²) in [5.41, 5.74) is 0. The minimum atomic E-state index is 0.597. The molecule has 2 nitrogen and oxygen atoms in total. The fraction of sp³-hybridized carbons (Fsp3) is 1.00. The second-order valence-electron chi connectivity index (χ2n) is 3.42. The van der Waals surface area contributed by atoms with Gasteiger partial charge in [0.1, 0.15) is 0 Å². The van der Waals surface area contributed by atoms with Gasteiger partial charge in [-0.1, -0.05) is 6.92 Å². The van der Waals surface area contributed by atoms with E-state index in [9.17, 15) is 0 Å². The lowest BCUT2D eigenvalue weighted by molar-refractivity contribution is 0.177.